The van der Waals surface area contributed by atoms with Gasteiger partial charge in [-0.2, -0.15) is 5.26 Å². The molecule has 0 unspecified atom stereocenters. The second-order valence-electron chi connectivity index (χ2n) is 8.08. The summed E-state index contributed by atoms with van der Waals surface area (Å²) in [5, 5.41) is 11.3. The van der Waals surface area contributed by atoms with E-state index in [9.17, 15) is 13.2 Å². The number of ether oxygens (including phenoxy) is 2. The molecule has 0 amide bonds. The Kier molecular flexibility index (Phi) is 14.7. The molecule has 1 aliphatic rings. The summed E-state index contributed by atoms with van der Waals surface area (Å²) in [5.41, 5.74) is 2.21. The standard InChI is InChI=1S/C23H30F3NO3.C2H3N.C2H2/c1-5-22(13-6-14-22)16-28-19(4)27-30-18(3)8-7-17(2)15-20-9-11-21(12-10-20)29-23(24,25)26;1-2-3;1-2/h7-12H,5-6,13-16H2,1-4H3;1H3;1-2H/b17-7+,18-8+,27-19+;;. The van der Waals surface area contributed by atoms with Gasteiger partial charge in [-0.3, -0.25) is 0 Å². The smallest absolute Gasteiger partial charge is 0.478 e. The van der Waals surface area contributed by atoms with Gasteiger partial charge in [0.1, 0.15) is 11.5 Å². The fourth-order valence-corrected chi connectivity index (χ4v) is 3.18. The minimum absolute atomic E-state index is 0.227. The van der Waals surface area contributed by atoms with Crippen LogP contribution in [-0.2, 0) is 16.0 Å². The van der Waals surface area contributed by atoms with Crippen LogP contribution in [0.4, 0.5) is 13.2 Å². The van der Waals surface area contributed by atoms with Crippen molar-refractivity contribution in [1.29, 1.82) is 5.26 Å². The van der Waals surface area contributed by atoms with Crippen molar-refractivity contribution in [2.24, 2.45) is 10.6 Å². The average molecular weight is 493 g/mol. The van der Waals surface area contributed by atoms with Gasteiger partial charge >= 0.3 is 6.36 Å². The van der Waals surface area contributed by atoms with E-state index in [1.54, 1.807) is 38.1 Å². The number of allylic oxidation sites excluding steroid dienone is 4. The third-order valence-electron chi connectivity index (χ3n) is 5.31. The lowest BCUT2D eigenvalue weighted by Gasteiger charge is -2.40. The number of benzene rings is 1. The highest BCUT2D eigenvalue weighted by atomic mass is 19.4. The second-order valence-corrected chi connectivity index (χ2v) is 8.08. The number of nitriles is 1. The maximum atomic E-state index is 12.2. The van der Waals surface area contributed by atoms with Crippen molar-refractivity contribution in [2.75, 3.05) is 6.61 Å². The molecule has 0 spiro atoms. The maximum Gasteiger partial charge on any atom is 0.573 e. The largest absolute Gasteiger partial charge is 0.573 e. The molecule has 0 bridgehead atoms. The van der Waals surface area contributed by atoms with Gasteiger partial charge in [0, 0.05) is 19.3 Å². The summed E-state index contributed by atoms with van der Waals surface area (Å²) in [6.45, 7) is 9.81. The van der Waals surface area contributed by atoms with E-state index in [0.717, 1.165) is 17.6 Å². The second kappa shape index (κ2) is 16.3. The van der Waals surface area contributed by atoms with E-state index in [-0.39, 0.29) is 5.75 Å². The van der Waals surface area contributed by atoms with Gasteiger partial charge in [0.05, 0.1) is 12.7 Å². The highest BCUT2D eigenvalue weighted by molar-refractivity contribution is 5.72. The molecule has 1 fully saturated rings. The summed E-state index contributed by atoms with van der Waals surface area (Å²) < 4.78 is 46.2. The van der Waals surface area contributed by atoms with E-state index in [2.05, 4.69) is 29.7 Å². The summed E-state index contributed by atoms with van der Waals surface area (Å²) in [4.78, 5) is 5.37. The molecular formula is C27H35F3N2O3. The van der Waals surface area contributed by atoms with Crippen LogP contribution in [-0.4, -0.2) is 18.9 Å². The van der Waals surface area contributed by atoms with E-state index in [1.807, 2.05) is 13.0 Å². The lowest BCUT2D eigenvalue weighted by Crippen LogP contribution is -2.34. The van der Waals surface area contributed by atoms with E-state index in [4.69, 9.17) is 14.8 Å². The van der Waals surface area contributed by atoms with Crippen LogP contribution in [0.5, 0.6) is 5.75 Å². The monoisotopic (exact) mass is 492 g/mol. The summed E-state index contributed by atoms with van der Waals surface area (Å²) >= 11 is 0. The molecule has 0 saturated heterocycles. The van der Waals surface area contributed by atoms with E-state index < -0.39 is 6.36 Å². The van der Waals surface area contributed by atoms with Crippen molar-refractivity contribution >= 4 is 5.90 Å². The number of rotatable bonds is 9. The first-order valence-electron chi connectivity index (χ1n) is 11.2. The number of hydrogen-bond donors (Lipinski definition) is 0. The zero-order valence-electron chi connectivity index (χ0n) is 21.1. The van der Waals surface area contributed by atoms with Crippen molar-refractivity contribution in [1.82, 2.24) is 0 Å². The number of halogens is 3. The van der Waals surface area contributed by atoms with Crippen LogP contribution in [0.3, 0.4) is 0 Å². The highest BCUT2D eigenvalue weighted by Crippen LogP contribution is 2.43. The minimum Gasteiger partial charge on any atom is -0.478 e. The van der Waals surface area contributed by atoms with Crippen LogP contribution >= 0.6 is 0 Å². The Labute approximate surface area is 207 Å². The Bertz CT molecular complexity index is 899. The van der Waals surface area contributed by atoms with Gasteiger partial charge in [-0.1, -0.05) is 37.1 Å². The first-order chi connectivity index (χ1) is 16.5. The quantitative estimate of drug-likeness (QED) is 0.0885. The normalized spacial score (nSPS) is 15.2. The first kappa shape index (κ1) is 31.6. The van der Waals surface area contributed by atoms with Crippen LogP contribution in [0, 0.1) is 29.6 Å². The SMILES string of the molecule is C#C.CC#N.CCC1(CO/C(C)=N/O/C(C)=C/C=C(\C)Cc2ccc(OC(F)(F)F)cc2)CCC1. The maximum absolute atomic E-state index is 12.2. The number of alkyl halides is 3. The first-order valence-corrected chi connectivity index (χ1v) is 11.2. The Morgan fingerprint density at radius 3 is 2.17 bits per heavy atom. The molecule has 5 nitrogen and oxygen atoms in total. The van der Waals surface area contributed by atoms with Crippen LogP contribution in [0.25, 0.3) is 0 Å². The van der Waals surface area contributed by atoms with E-state index >= 15 is 0 Å². The fraction of sp³-hybridized carbons (Fsp3) is 0.481. The Hall–Kier alpha value is -3.39. The van der Waals surface area contributed by atoms with Crippen LogP contribution in [0.1, 0.15) is 65.9 Å². The summed E-state index contributed by atoms with van der Waals surface area (Å²) in [5.74, 6) is 0.888. The molecule has 35 heavy (non-hydrogen) atoms. The molecule has 0 atom stereocenters. The molecule has 1 aromatic carbocycles. The van der Waals surface area contributed by atoms with E-state index in [0.29, 0.717) is 30.1 Å². The predicted molar refractivity (Wildman–Crippen MR) is 132 cm³/mol. The Morgan fingerprint density at radius 1 is 1.14 bits per heavy atom. The van der Waals surface area contributed by atoms with Crippen molar-refractivity contribution in [3.05, 3.63) is 53.3 Å². The number of nitrogens with zero attached hydrogens (tertiary/aromatic N) is 2. The van der Waals surface area contributed by atoms with Crippen molar-refractivity contribution in [3.8, 4) is 24.7 Å². The molecule has 192 valence electrons. The molecule has 1 saturated carbocycles. The van der Waals surface area contributed by atoms with Crippen LogP contribution in [0.15, 0.2) is 52.9 Å². The minimum atomic E-state index is -4.68. The van der Waals surface area contributed by atoms with Crippen LogP contribution in [0.2, 0.25) is 0 Å². The van der Waals surface area contributed by atoms with Gasteiger partial charge in [-0.15, -0.1) is 26.0 Å². The third-order valence-corrected chi connectivity index (χ3v) is 5.31. The Balaban J connectivity index is 0.00000214. The number of terminal acetylenes is 1. The predicted octanol–water partition coefficient (Wildman–Crippen LogP) is 7.70. The molecule has 1 aromatic rings. The van der Waals surface area contributed by atoms with Gasteiger partial charge in [0.15, 0.2) is 0 Å². The topological polar surface area (TPSA) is 63.8 Å². The molecule has 8 heteroatoms. The van der Waals surface area contributed by atoms with Crippen molar-refractivity contribution < 1.29 is 27.5 Å². The molecule has 0 radical (unpaired) electrons. The third kappa shape index (κ3) is 13.8. The molecule has 1 aliphatic carbocycles. The van der Waals surface area contributed by atoms with Gasteiger partial charge in [-0.05, 0) is 68.5 Å². The van der Waals surface area contributed by atoms with Gasteiger partial charge in [-0.25, -0.2) is 0 Å². The zero-order chi connectivity index (χ0) is 26.9. The molecule has 0 aromatic heterocycles. The summed E-state index contributed by atoms with van der Waals surface area (Å²) in [7, 11) is 0. The van der Waals surface area contributed by atoms with Crippen molar-refractivity contribution in [2.45, 2.75) is 73.1 Å². The average Bonchev–Trinajstić information content (AvgIpc) is 2.78. The fourth-order valence-electron chi connectivity index (χ4n) is 3.18. The summed E-state index contributed by atoms with van der Waals surface area (Å²) in [6, 6.07) is 7.59. The van der Waals surface area contributed by atoms with Crippen molar-refractivity contribution in [3.63, 3.8) is 0 Å². The molecule has 0 N–H and O–H groups in total. The highest BCUT2D eigenvalue weighted by Gasteiger charge is 2.36. The molecule has 0 heterocycles. The lowest BCUT2D eigenvalue weighted by atomic mass is 9.68. The lowest BCUT2D eigenvalue weighted by molar-refractivity contribution is -0.274. The van der Waals surface area contributed by atoms with Gasteiger partial charge in [0.2, 0.25) is 5.90 Å². The molecule has 0 aliphatic heterocycles. The summed E-state index contributed by atoms with van der Waals surface area (Å²) in [6.07, 6.45) is 12.4. The molecule has 2 rings (SSSR count). The number of oxime groups is 1. The van der Waals surface area contributed by atoms with Crippen LogP contribution < -0.4 is 4.74 Å². The van der Waals surface area contributed by atoms with E-state index in [1.165, 1.54) is 38.3 Å². The zero-order valence-corrected chi connectivity index (χ0v) is 21.1. The Morgan fingerprint density at radius 2 is 1.71 bits per heavy atom. The molecular weight excluding hydrogens is 457 g/mol. The number of hydrogen-bond acceptors (Lipinski definition) is 5. The van der Waals surface area contributed by atoms with Gasteiger partial charge < -0.3 is 14.3 Å². The van der Waals surface area contributed by atoms with Gasteiger partial charge in [0.25, 0.3) is 0 Å².